The summed E-state index contributed by atoms with van der Waals surface area (Å²) in [5, 5.41) is 1.02. The number of aryl methyl sites for hydroxylation is 1. The Morgan fingerprint density at radius 1 is 1.09 bits per heavy atom. The highest BCUT2D eigenvalue weighted by Gasteiger charge is 2.26. The molecule has 0 radical (unpaired) electrons. The normalized spacial score (nSPS) is 14.1. The van der Waals surface area contributed by atoms with Gasteiger partial charge in [-0.15, -0.1) is 11.3 Å². The number of halogens is 1. The van der Waals surface area contributed by atoms with E-state index in [1.807, 2.05) is 25.1 Å². The molecule has 10 heteroatoms. The molecule has 0 spiro atoms. The van der Waals surface area contributed by atoms with E-state index in [1.54, 1.807) is 14.2 Å². The lowest BCUT2D eigenvalue weighted by atomic mass is 10.1. The third kappa shape index (κ3) is 4.46. The van der Waals surface area contributed by atoms with E-state index in [-0.39, 0.29) is 17.9 Å². The van der Waals surface area contributed by atoms with Crippen molar-refractivity contribution >= 4 is 50.6 Å². The Morgan fingerprint density at radius 2 is 1.81 bits per heavy atom. The lowest BCUT2D eigenvalue weighted by Crippen LogP contribution is -2.47. The zero-order chi connectivity index (χ0) is 22.7. The molecule has 8 nitrogen and oxygen atoms in total. The Labute approximate surface area is 195 Å². The maximum Gasteiger partial charge on any atom is 0.348 e. The first-order valence-corrected chi connectivity index (χ1v) is 11.5. The average molecular weight is 477 g/mol. The van der Waals surface area contributed by atoms with E-state index in [4.69, 9.17) is 25.8 Å². The molecule has 0 amide bonds. The van der Waals surface area contributed by atoms with Gasteiger partial charge in [-0.3, -0.25) is 0 Å². The maximum absolute atomic E-state index is 12.6. The fourth-order valence-electron chi connectivity index (χ4n) is 3.85. The lowest BCUT2D eigenvalue weighted by Gasteiger charge is -2.37. The minimum absolute atomic E-state index is 0.167. The molecule has 3 heterocycles. The van der Waals surface area contributed by atoms with Crippen LogP contribution in [-0.2, 0) is 9.47 Å². The molecule has 4 rings (SSSR count). The molecule has 0 unspecified atom stereocenters. The second-order valence-electron chi connectivity index (χ2n) is 7.33. The van der Waals surface area contributed by atoms with Crippen molar-refractivity contribution in [3.63, 3.8) is 0 Å². The molecule has 0 saturated carbocycles. The number of rotatable bonds is 7. The predicted octanol–water partition coefficient (Wildman–Crippen LogP) is 3.79. The number of anilines is 2. The van der Waals surface area contributed by atoms with Gasteiger partial charge in [0.15, 0.2) is 0 Å². The fraction of sp³-hybridized carbons (Fsp3) is 0.409. The van der Waals surface area contributed by atoms with Crippen LogP contribution in [0.1, 0.15) is 15.2 Å². The van der Waals surface area contributed by atoms with Crippen molar-refractivity contribution in [2.75, 3.05) is 63.4 Å². The van der Waals surface area contributed by atoms with E-state index in [1.165, 1.54) is 11.3 Å². The number of thiophene rings is 1. The molecule has 1 aromatic carbocycles. The number of hydrogen-bond acceptors (Lipinski definition) is 9. The van der Waals surface area contributed by atoms with E-state index in [9.17, 15) is 4.79 Å². The number of hydrogen-bond donors (Lipinski definition) is 0. The summed E-state index contributed by atoms with van der Waals surface area (Å²) in [6, 6.07) is 8.02. The fourth-order valence-corrected chi connectivity index (χ4v) is 5.13. The molecule has 32 heavy (non-hydrogen) atoms. The van der Waals surface area contributed by atoms with Crippen LogP contribution >= 0.6 is 22.9 Å². The first-order chi connectivity index (χ1) is 15.5. The van der Waals surface area contributed by atoms with Crippen LogP contribution < -0.4 is 14.5 Å². The van der Waals surface area contributed by atoms with Gasteiger partial charge >= 0.3 is 5.97 Å². The summed E-state index contributed by atoms with van der Waals surface area (Å²) in [5.41, 5.74) is 1.89. The second-order valence-corrected chi connectivity index (χ2v) is 8.66. The Morgan fingerprint density at radius 3 is 2.53 bits per heavy atom. The number of piperazine rings is 1. The van der Waals surface area contributed by atoms with Crippen LogP contribution in [0.3, 0.4) is 0 Å². The molecule has 2 aromatic heterocycles. The largest absolute Gasteiger partial charge is 0.495 e. The van der Waals surface area contributed by atoms with Crippen molar-refractivity contribution in [1.82, 2.24) is 9.97 Å². The van der Waals surface area contributed by atoms with Crippen molar-refractivity contribution in [3.05, 3.63) is 40.0 Å². The number of esters is 1. The molecular weight excluding hydrogens is 452 g/mol. The van der Waals surface area contributed by atoms with Crippen molar-refractivity contribution < 1.29 is 19.0 Å². The number of aromatic nitrogens is 2. The summed E-state index contributed by atoms with van der Waals surface area (Å²) in [6.45, 7) is 5.57. The summed E-state index contributed by atoms with van der Waals surface area (Å²) in [4.78, 5) is 27.2. The number of ether oxygens (including phenoxy) is 3. The highest BCUT2D eigenvalue weighted by Crippen LogP contribution is 2.37. The van der Waals surface area contributed by atoms with Gasteiger partial charge in [-0.05, 0) is 36.2 Å². The van der Waals surface area contributed by atoms with Gasteiger partial charge in [0.25, 0.3) is 0 Å². The molecule has 0 N–H and O–H groups in total. The Bertz CT molecular complexity index is 1110. The third-order valence-corrected chi connectivity index (χ3v) is 6.79. The van der Waals surface area contributed by atoms with Crippen LogP contribution in [-0.4, -0.2) is 69.5 Å². The second kappa shape index (κ2) is 9.89. The first-order valence-electron chi connectivity index (χ1n) is 10.3. The van der Waals surface area contributed by atoms with Crippen LogP contribution in [0.2, 0.25) is 5.28 Å². The van der Waals surface area contributed by atoms with Gasteiger partial charge in [0, 0.05) is 33.3 Å². The molecule has 1 aliphatic heterocycles. The number of carbonyl (C=O) groups excluding carboxylic acids is 1. The smallest absolute Gasteiger partial charge is 0.348 e. The van der Waals surface area contributed by atoms with Gasteiger partial charge in [0.05, 0.1) is 24.8 Å². The number of carbonyl (C=O) groups is 1. The quantitative estimate of drug-likeness (QED) is 0.289. The first kappa shape index (κ1) is 22.6. The molecule has 1 aliphatic rings. The van der Waals surface area contributed by atoms with Crippen molar-refractivity contribution in [2.24, 2.45) is 0 Å². The number of fused-ring (bicyclic) bond motifs is 1. The zero-order valence-corrected chi connectivity index (χ0v) is 19.8. The van der Waals surface area contributed by atoms with E-state index < -0.39 is 0 Å². The van der Waals surface area contributed by atoms with Gasteiger partial charge in [0.1, 0.15) is 27.9 Å². The molecule has 0 bridgehead atoms. The van der Waals surface area contributed by atoms with E-state index in [0.717, 1.165) is 54.4 Å². The van der Waals surface area contributed by atoms with Gasteiger partial charge < -0.3 is 24.0 Å². The zero-order valence-electron chi connectivity index (χ0n) is 18.3. The molecular formula is C22H25ClN4O4S. The van der Waals surface area contributed by atoms with Gasteiger partial charge in [0.2, 0.25) is 5.28 Å². The Kier molecular flexibility index (Phi) is 6.98. The van der Waals surface area contributed by atoms with Crippen LogP contribution in [0.4, 0.5) is 11.5 Å². The minimum Gasteiger partial charge on any atom is -0.495 e. The number of benzene rings is 1. The average Bonchev–Trinajstić information content (AvgIpc) is 3.15. The molecule has 0 atom stereocenters. The van der Waals surface area contributed by atoms with E-state index in [0.29, 0.717) is 16.3 Å². The minimum atomic E-state index is -0.384. The summed E-state index contributed by atoms with van der Waals surface area (Å²) >= 11 is 7.53. The van der Waals surface area contributed by atoms with Crippen LogP contribution in [0.15, 0.2) is 24.3 Å². The highest BCUT2D eigenvalue weighted by molar-refractivity contribution is 7.20. The highest BCUT2D eigenvalue weighted by atomic mass is 35.5. The van der Waals surface area contributed by atoms with Crippen molar-refractivity contribution in [1.29, 1.82) is 0 Å². The Hall–Kier alpha value is -2.62. The Balaban J connectivity index is 1.59. The summed E-state index contributed by atoms with van der Waals surface area (Å²) in [5.74, 6) is 1.23. The van der Waals surface area contributed by atoms with Crippen LogP contribution in [0, 0.1) is 6.92 Å². The topological polar surface area (TPSA) is 77.0 Å². The third-order valence-electron chi connectivity index (χ3n) is 5.45. The maximum atomic E-state index is 12.6. The SMILES string of the molecule is COCCOC(=O)c1sc2nc(Cl)nc(N3CCN(c4ccccc4OC)CC3)c2c1C. The van der Waals surface area contributed by atoms with Crippen LogP contribution in [0.5, 0.6) is 5.75 Å². The molecule has 170 valence electrons. The summed E-state index contributed by atoms with van der Waals surface area (Å²) in [6.07, 6.45) is 0. The molecule has 3 aromatic rings. The summed E-state index contributed by atoms with van der Waals surface area (Å²) < 4.78 is 15.8. The van der Waals surface area contributed by atoms with Crippen molar-refractivity contribution in [3.8, 4) is 5.75 Å². The van der Waals surface area contributed by atoms with E-state index in [2.05, 4.69) is 25.8 Å². The molecule has 1 fully saturated rings. The molecule has 1 saturated heterocycles. The standard InChI is InChI=1S/C22H25ClN4O4S/c1-14-17-19(24-22(23)25-20(17)32-18(14)21(28)31-13-12-29-2)27-10-8-26(9-11-27)15-6-4-5-7-16(15)30-3/h4-7H,8-13H2,1-3H3. The van der Waals surface area contributed by atoms with E-state index >= 15 is 0 Å². The summed E-state index contributed by atoms with van der Waals surface area (Å²) in [7, 11) is 3.25. The van der Waals surface area contributed by atoms with Gasteiger partial charge in [-0.1, -0.05) is 12.1 Å². The van der Waals surface area contributed by atoms with Gasteiger partial charge in [-0.2, -0.15) is 4.98 Å². The predicted molar refractivity (Wildman–Crippen MR) is 127 cm³/mol. The number of methoxy groups -OCH3 is 2. The lowest BCUT2D eigenvalue weighted by molar-refractivity contribution is 0.0393. The number of nitrogens with zero attached hydrogens (tertiary/aromatic N) is 4. The molecule has 0 aliphatic carbocycles. The van der Waals surface area contributed by atoms with Gasteiger partial charge in [-0.25, -0.2) is 9.78 Å². The van der Waals surface area contributed by atoms with Crippen LogP contribution in [0.25, 0.3) is 10.2 Å². The monoisotopic (exact) mass is 476 g/mol. The van der Waals surface area contributed by atoms with Crippen molar-refractivity contribution in [2.45, 2.75) is 6.92 Å². The number of para-hydroxylation sites is 2.